The summed E-state index contributed by atoms with van der Waals surface area (Å²) >= 11 is 0. The highest BCUT2D eigenvalue weighted by Gasteiger charge is 2.25. The van der Waals surface area contributed by atoms with Crippen LogP contribution < -0.4 is 5.69 Å². The number of nitrogens with one attached hydrogen (secondary N) is 1. The molecule has 0 amide bonds. The number of nitrogens with zero attached hydrogens (tertiary/aromatic N) is 2. The van der Waals surface area contributed by atoms with Crippen LogP contribution in [0.5, 0.6) is 0 Å². The van der Waals surface area contributed by atoms with Gasteiger partial charge in [-0.2, -0.15) is 0 Å². The molecule has 5 heteroatoms. The molecule has 0 aliphatic carbocycles. The molecular weight excluding hydrogens is 245 g/mol. The number of halogens is 1. The van der Waals surface area contributed by atoms with Crippen LogP contribution in [0.3, 0.4) is 0 Å². The van der Waals surface area contributed by atoms with E-state index in [0.717, 1.165) is 32.4 Å². The van der Waals surface area contributed by atoms with Crippen LogP contribution in [0.1, 0.15) is 32.4 Å². The fraction of sp³-hybridized carbons (Fsp3) is 0.500. The minimum Gasteiger partial charge on any atom is -0.305 e. The normalized spacial score (nSPS) is 21.1. The number of imidazole rings is 1. The quantitative estimate of drug-likeness (QED) is 0.904. The second-order valence-electron chi connectivity index (χ2n) is 5.07. The maximum absolute atomic E-state index is 13.4. The number of H-pyrrole nitrogens is 1. The summed E-state index contributed by atoms with van der Waals surface area (Å²) in [5.74, 6) is -0.306. The van der Waals surface area contributed by atoms with Crippen molar-refractivity contribution in [3.8, 4) is 0 Å². The molecule has 1 unspecified atom stereocenters. The van der Waals surface area contributed by atoms with Gasteiger partial charge in [-0.1, -0.05) is 6.92 Å². The van der Waals surface area contributed by atoms with E-state index in [4.69, 9.17) is 0 Å². The van der Waals surface area contributed by atoms with Gasteiger partial charge in [0.05, 0.1) is 17.2 Å². The van der Waals surface area contributed by atoms with E-state index in [0.29, 0.717) is 11.0 Å². The predicted octanol–water partition coefficient (Wildman–Crippen LogP) is 2.47. The van der Waals surface area contributed by atoms with E-state index in [9.17, 15) is 9.18 Å². The minimum atomic E-state index is -0.306. The van der Waals surface area contributed by atoms with Crippen molar-refractivity contribution in [1.29, 1.82) is 0 Å². The lowest BCUT2D eigenvalue weighted by molar-refractivity contribution is 0.103. The number of piperidine rings is 1. The number of benzene rings is 1. The molecule has 0 spiro atoms. The summed E-state index contributed by atoms with van der Waals surface area (Å²) in [6.07, 6.45) is 3.25. The van der Waals surface area contributed by atoms with E-state index in [-0.39, 0.29) is 17.7 Å². The van der Waals surface area contributed by atoms with Gasteiger partial charge in [-0.05, 0) is 44.0 Å². The standard InChI is InChI=1S/C14H18FN3O/c1-2-17-8-4-3-5-13(17)18-12-9-10(15)6-7-11(12)16-14(18)19/h6-7,9,13H,2-5,8H2,1H3,(H,16,19). The third-order valence-electron chi connectivity index (χ3n) is 3.96. The van der Waals surface area contributed by atoms with Crippen LogP contribution >= 0.6 is 0 Å². The SMILES string of the molecule is CCN1CCCCC1n1c(=O)[nH]c2ccc(F)cc21. The van der Waals surface area contributed by atoms with Crippen molar-refractivity contribution < 1.29 is 4.39 Å². The molecule has 102 valence electrons. The molecule has 2 aromatic rings. The Bertz CT molecular complexity index is 646. The molecule has 0 saturated carbocycles. The van der Waals surface area contributed by atoms with Crippen LogP contribution in [-0.2, 0) is 0 Å². The van der Waals surface area contributed by atoms with E-state index in [1.54, 1.807) is 10.6 Å². The Morgan fingerprint density at radius 1 is 1.42 bits per heavy atom. The highest BCUT2D eigenvalue weighted by Crippen LogP contribution is 2.27. The topological polar surface area (TPSA) is 41.0 Å². The summed E-state index contributed by atoms with van der Waals surface area (Å²) in [5.41, 5.74) is 1.22. The Morgan fingerprint density at radius 2 is 2.26 bits per heavy atom. The summed E-state index contributed by atoms with van der Waals surface area (Å²) in [6, 6.07) is 4.44. The highest BCUT2D eigenvalue weighted by atomic mass is 19.1. The number of likely N-dealkylation sites (tertiary alicyclic amines) is 1. The Kier molecular flexibility index (Phi) is 3.14. The van der Waals surface area contributed by atoms with Gasteiger partial charge in [-0.15, -0.1) is 0 Å². The van der Waals surface area contributed by atoms with Crippen LogP contribution in [0.4, 0.5) is 4.39 Å². The molecular formula is C14H18FN3O. The first-order valence-corrected chi connectivity index (χ1v) is 6.84. The van der Waals surface area contributed by atoms with Crippen molar-refractivity contribution in [3.63, 3.8) is 0 Å². The van der Waals surface area contributed by atoms with Crippen LogP contribution in [0.15, 0.2) is 23.0 Å². The Labute approximate surface area is 110 Å². The maximum Gasteiger partial charge on any atom is 0.327 e. The highest BCUT2D eigenvalue weighted by molar-refractivity contribution is 5.75. The molecule has 1 aliphatic rings. The van der Waals surface area contributed by atoms with Gasteiger partial charge in [0.1, 0.15) is 5.82 Å². The number of fused-ring (bicyclic) bond motifs is 1. The van der Waals surface area contributed by atoms with E-state index in [1.807, 2.05) is 0 Å². The molecule has 1 fully saturated rings. The Balaban J connectivity index is 2.15. The van der Waals surface area contributed by atoms with Crippen molar-refractivity contribution in [2.75, 3.05) is 13.1 Å². The second kappa shape index (κ2) is 4.81. The molecule has 0 radical (unpaired) electrons. The molecule has 1 aliphatic heterocycles. The molecule has 19 heavy (non-hydrogen) atoms. The van der Waals surface area contributed by atoms with E-state index in [1.165, 1.54) is 12.1 Å². The summed E-state index contributed by atoms with van der Waals surface area (Å²) < 4.78 is 15.1. The van der Waals surface area contributed by atoms with Gasteiger partial charge < -0.3 is 4.98 Å². The van der Waals surface area contributed by atoms with Crippen LogP contribution in [0.25, 0.3) is 11.0 Å². The van der Waals surface area contributed by atoms with Gasteiger partial charge in [0, 0.05) is 6.54 Å². The van der Waals surface area contributed by atoms with Gasteiger partial charge in [0.25, 0.3) is 0 Å². The first-order valence-electron chi connectivity index (χ1n) is 6.84. The first kappa shape index (κ1) is 12.4. The molecule has 1 atom stereocenters. The smallest absolute Gasteiger partial charge is 0.305 e. The van der Waals surface area contributed by atoms with Crippen molar-refractivity contribution in [2.24, 2.45) is 0 Å². The molecule has 1 aromatic carbocycles. The van der Waals surface area contributed by atoms with Crippen LogP contribution in [0, 0.1) is 5.82 Å². The molecule has 1 saturated heterocycles. The number of hydrogen-bond acceptors (Lipinski definition) is 2. The lowest BCUT2D eigenvalue weighted by atomic mass is 10.1. The average molecular weight is 263 g/mol. The molecule has 0 bridgehead atoms. The molecule has 1 N–H and O–H groups in total. The van der Waals surface area contributed by atoms with Gasteiger partial charge >= 0.3 is 5.69 Å². The van der Waals surface area contributed by atoms with Crippen LogP contribution in [-0.4, -0.2) is 27.5 Å². The Hall–Kier alpha value is -1.62. The minimum absolute atomic E-state index is 0.0433. The maximum atomic E-state index is 13.4. The predicted molar refractivity (Wildman–Crippen MR) is 72.7 cm³/mol. The third-order valence-corrected chi connectivity index (χ3v) is 3.96. The zero-order valence-corrected chi connectivity index (χ0v) is 11.0. The second-order valence-corrected chi connectivity index (χ2v) is 5.07. The lowest BCUT2D eigenvalue weighted by Crippen LogP contribution is -2.40. The zero-order chi connectivity index (χ0) is 13.4. The number of hydrogen-bond donors (Lipinski definition) is 1. The van der Waals surface area contributed by atoms with Crippen molar-refractivity contribution in [1.82, 2.24) is 14.5 Å². The Morgan fingerprint density at radius 3 is 3.05 bits per heavy atom. The molecule has 3 rings (SSSR count). The first-order chi connectivity index (χ1) is 9.20. The average Bonchev–Trinajstić information content (AvgIpc) is 2.74. The van der Waals surface area contributed by atoms with E-state index < -0.39 is 0 Å². The molecule has 2 heterocycles. The van der Waals surface area contributed by atoms with Crippen LogP contribution in [0.2, 0.25) is 0 Å². The van der Waals surface area contributed by atoms with Gasteiger partial charge in [-0.3, -0.25) is 9.47 Å². The van der Waals surface area contributed by atoms with Gasteiger partial charge in [-0.25, -0.2) is 9.18 Å². The largest absolute Gasteiger partial charge is 0.327 e. The summed E-state index contributed by atoms with van der Waals surface area (Å²) in [7, 11) is 0. The van der Waals surface area contributed by atoms with Crippen molar-refractivity contribution in [2.45, 2.75) is 32.4 Å². The zero-order valence-electron chi connectivity index (χ0n) is 11.0. The van der Waals surface area contributed by atoms with E-state index >= 15 is 0 Å². The monoisotopic (exact) mass is 263 g/mol. The summed E-state index contributed by atoms with van der Waals surface area (Å²) in [5, 5.41) is 0. The van der Waals surface area contributed by atoms with Crippen molar-refractivity contribution >= 4 is 11.0 Å². The van der Waals surface area contributed by atoms with E-state index in [2.05, 4.69) is 16.8 Å². The molecule has 4 nitrogen and oxygen atoms in total. The summed E-state index contributed by atoms with van der Waals surface area (Å²) in [4.78, 5) is 17.3. The van der Waals surface area contributed by atoms with Gasteiger partial charge in [0.2, 0.25) is 0 Å². The number of rotatable bonds is 2. The molecule has 1 aromatic heterocycles. The van der Waals surface area contributed by atoms with Crippen molar-refractivity contribution in [3.05, 3.63) is 34.5 Å². The third kappa shape index (κ3) is 2.08. The number of aromatic nitrogens is 2. The fourth-order valence-electron chi connectivity index (χ4n) is 3.03. The van der Waals surface area contributed by atoms with Gasteiger partial charge in [0.15, 0.2) is 0 Å². The summed E-state index contributed by atoms with van der Waals surface area (Å²) in [6.45, 7) is 3.99. The fourth-order valence-corrected chi connectivity index (χ4v) is 3.03. The number of aromatic amines is 1. The lowest BCUT2D eigenvalue weighted by Gasteiger charge is -2.35.